The number of para-hydroxylation sites is 2. The van der Waals surface area contributed by atoms with E-state index in [1.54, 1.807) is 48.8 Å². The summed E-state index contributed by atoms with van der Waals surface area (Å²) in [6, 6.07) is 10.2. The number of nitrogens with zero attached hydrogens (tertiary/aromatic N) is 1. The van der Waals surface area contributed by atoms with Crippen LogP contribution in [0.3, 0.4) is 0 Å². The number of hydrogen-bond acceptors (Lipinski definition) is 4. The summed E-state index contributed by atoms with van der Waals surface area (Å²) >= 11 is 0. The molecule has 5 nitrogen and oxygen atoms in total. The molecule has 0 amide bonds. The van der Waals surface area contributed by atoms with Crippen molar-refractivity contribution in [2.75, 3.05) is 11.0 Å². The second-order valence-corrected chi connectivity index (χ2v) is 5.40. The Morgan fingerprint density at radius 1 is 1.11 bits per heavy atom. The van der Waals surface area contributed by atoms with E-state index in [2.05, 4.69) is 9.71 Å². The van der Waals surface area contributed by atoms with Gasteiger partial charge in [0.1, 0.15) is 5.75 Å². The van der Waals surface area contributed by atoms with E-state index < -0.39 is 10.0 Å². The number of pyridine rings is 1. The Morgan fingerprint density at radius 2 is 1.78 bits per heavy atom. The van der Waals surface area contributed by atoms with Crippen LogP contribution in [0.5, 0.6) is 11.5 Å². The Kier molecular flexibility index (Phi) is 3.47. The number of ether oxygens (including phenoxy) is 1. The van der Waals surface area contributed by atoms with Gasteiger partial charge in [-0.05, 0) is 24.3 Å². The number of rotatable bonds is 4. The Hall–Kier alpha value is -2.08. The van der Waals surface area contributed by atoms with E-state index in [1.165, 1.54) is 0 Å². The smallest absolute Gasteiger partial charge is 0.229 e. The molecule has 0 fully saturated rings. The Balaban J connectivity index is 2.28. The van der Waals surface area contributed by atoms with Gasteiger partial charge in [-0.15, -0.1) is 0 Å². The molecule has 0 aliphatic heterocycles. The molecule has 0 saturated heterocycles. The molecule has 2 rings (SSSR count). The summed E-state index contributed by atoms with van der Waals surface area (Å²) in [7, 11) is -3.33. The van der Waals surface area contributed by atoms with Gasteiger partial charge in [-0.1, -0.05) is 12.1 Å². The van der Waals surface area contributed by atoms with E-state index in [-0.39, 0.29) is 0 Å². The van der Waals surface area contributed by atoms with Gasteiger partial charge in [0.25, 0.3) is 0 Å². The third kappa shape index (κ3) is 3.46. The molecule has 0 aliphatic rings. The standard InChI is InChI=1S/C12H12N2O3S/c1-18(15,16)14-11-4-2-3-5-12(11)17-10-6-8-13-9-7-10/h2-9,14H,1H3. The van der Waals surface area contributed by atoms with Crippen LogP contribution < -0.4 is 9.46 Å². The molecule has 2 aromatic rings. The van der Waals surface area contributed by atoms with Crippen LogP contribution in [0.1, 0.15) is 0 Å². The number of nitrogens with one attached hydrogen (secondary N) is 1. The molecule has 1 N–H and O–H groups in total. The third-order valence-corrected chi connectivity index (χ3v) is 2.65. The summed E-state index contributed by atoms with van der Waals surface area (Å²) in [5, 5.41) is 0. The topological polar surface area (TPSA) is 68.3 Å². The average molecular weight is 264 g/mol. The normalized spacial score (nSPS) is 10.9. The van der Waals surface area contributed by atoms with Gasteiger partial charge < -0.3 is 4.74 Å². The summed E-state index contributed by atoms with van der Waals surface area (Å²) in [5.74, 6) is 1.03. The van der Waals surface area contributed by atoms with Crippen LogP contribution in [-0.4, -0.2) is 19.7 Å². The zero-order valence-electron chi connectivity index (χ0n) is 9.70. The monoisotopic (exact) mass is 264 g/mol. The van der Waals surface area contributed by atoms with Gasteiger partial charge in [0.15, 0.2) is 5.75 Å². The molecule has 94 valence electrons. The largest absolute Gasteiger partial charge is 0.455 e. The van der Waals surface area contributed by atoms with Gasteiger partial charge in [0, 0.05) is 12.4 Å². The van der Waals surface area contributed by atoms with Crippen LogP contribution in [0, 0.1) is 0 Å². The molecule has 0 radical (unpaired) electrons. The molecule has 0 unspecified atom stereocenters. The Morgan fingerprint density at radius 3 is 2.44 bits per heavy atom. The van der Waals surface area contributed by atoms with E-state index in [0.717, 1.165) is 6.26 Å². The minimum atomic E-state index is -3.33. The highest BCUT2D eigenvalue weighted by Crippen LogP contribution is 2.29. The van der Waals surface area contributed by atoms with Crippen LogP contribution >= 0.6 is 0 Å². The van der Waals surface area contributed by atoms with Crippen molar-refractivity contribution >= 4 is 15.7 Å². The van der Waals surface area contributed by atoms with Crippen molar-refractivity contribution in [3.8, 4) is 11.5 Å². The quantitative estimate of drug-likeness (QED) is 0.919. The summed E-state index contributed by atoms with van der Waals surface area (Å²) < 4.78 is 30.4. The minimum Gasteiger partial charge on any atom is -0.455 e. The van der Waals surface area contributed by atoms with Gasteiger partial charge in [-0.3, -0.25) is 9.71 Å². The lowest BCUT2D eigenvalue weighted by Crippen LogP contribution is -2.10. The second-order valence-electron chi connectivity index (χ2n) is 3.66. The molecule has 0 spiro atoms. The third-order valence-electron chi connectivity index (χ3n) is 2.06. The van der Waals surface area contributed by atoms with E-state index >= 15 is 0 Å². The average Bonchev–Trinajstić information content (AvgIpc) is 2.31. The molecule has 0 atom stereocenters. The maximum Gasteiger partial charge on any atom is 0.229 e. The van der Waals surface area contributed by atoms with Gasteiger partial charge in [0.05, 0.1) is 11.9 Å². The maximum atomic E-state index is 11.2. The lowest BCUT2D eigenvalue weighted by Gasteiger charge is -2.11. The van der Waals surface area contributed by atoms with E-state index in [0.29, 0.717) is 17.2 Å². The van der Waals surface area contributed by atoms with Crippen molar-refractivity contribution in [1.82, 2.24) is 4.98 Å². The van der Waals surface area contributed by atoms with Crippen molar-refractivity contribution in [2.24, 2.45) is 0 Å². The van der Waals surface area contributed by atoms with Crippen molar-refractivity contribution in [3.05, 3.63) is 48.8 Å². The van der Waals surface area contributed by atoms with Crippen LogP contribution in [-0.2, 0) is 10.0 Å². The molecule has 1 heterocycles. The van der Waals surface area contributed by atoms with Gasteiger partial charge in [-0.25, -0.2) is 8.42 Å². The fourth-order valence-corrected chi connectivity index (χ4v) is 1.94. The molecule has 0 aliphatic carbocycles. The molecule has 0 saturated carbocycles. The second kappa shape index (κ2) is 5.05. The first-order valence-corrected chi connectivity index (χ1v) is 7.08. The van der Waals surface area contributed by atoms with Crippen LogP contribution in [0.2, 0.25) is 0 Å². The first kappa shape index (κ1) is 12.4. The molecule has 18 heavy (non-hydrogen) atoms. The zero-order valence-corrected chi connectivity index (χ0v) is 10.5. The number of sulfonamides is 1. The first-order valence-electron chi connectivity index (χ1n) is 5.19. The first-order chi connectivity index (χ1) is 8.54. The predicted molar refractivity (Wildman–Crippen MR) is 69.2 cm³/mol. The number of benzene rings is 1. The van der Waals surface area contributed by atoms with Gasteiger partial charge in [0.2, 0.25) is 10.0 Å². The molecular weight excluding hydrogens is 252 g/mol. The highest BCUT2D eigenvalue weighted by Gasteiger charge is 2.08. The highest BCUT2D eigenvalue weighted by atomic mass is 32.2. The Bertz CT molecular complexity index is 627. The maximum absolute atomic E-state index is 11.2. The zero-order chi connectivity index (χ0) is 13.0. The van der Waals surface area contributed by atoms with Crippen molar-refractivity contribution in [3.63, 3.8) is 0 Å². The molecule has 1 aromatic carbocycles. The van der Waals surface area contributed by atoms with Crippen LogP contribution in [0.15, 0.2) is 48.8 Å². The molecule has 0 bridgehead atoms. The summed E-state index contributed by atoms with van der Waals surface area (Å²) in [5.41, 5.74) is 0.400. The van der Waals surface area contributed by atoms with Gasteiger partial charge >= 0.3 is 0 Å². The SMILES string of the molecule is CS(=O)(=O)Nc1ccccc1Oc1ccncc1. The fraction of sp³-hybridized carbons (Fsp3) is 0.0833. The minimum absolute atomic E-state index is 0.400. The van der Waals surface area contributed by atoms with Crippen molar-refractivity contribution < 1.29 is 13.2 Å². The predicted octanol–water partition coefficient (Wildman–Crippen LogP) is 2.25. The van der Waals surface area contributed by atoms with Crippen molar-refractivity contribution in [2.45, 2.75) is 0 Å². The Labute approximate surface area is 105 Å². The summed E-state index contributed by atoms with van der Waals surface area (Å²) in [6.07, 6.45) is 4.29. The summed E-state index contributed by atoms with van der Waals surface area (Å²) in [6.45, 7) is 0. The fourth-order valence-electron chi connectivity index (χ4n) is 1.37. The number of anilines is 1. The van der Waals surface area contributed by atoms with E-state index in [4.69, 9.17) is 4.74 Å². The highest BCUT2D eigenvalue weighted by molar-refractivity contribution is 7.92. The summed E-state index contributed by atoms with van der Waals surface area (Å²) in [4.78, 5) is 3.88. The van der Waals surface area contributed by atoms with E-state index in [1.807, 2.05) is 0 Å². The van der Waals surface area contributed by atoms with E-state index in [9.17, 15) is 8.42 Å². The molecule has 1 aromatic heterocycles. The van der Waals surface area contributed by atoms with Crippen LogP contribution in [0.25, 0.3) is 0 Å². The van der Waals surface area contributed by atoms with Crippen LogP contribution in [0.4, 0.5) is 5.69 Å². The number of hydrogen-bond donors (Lipinski definition) is 1. The molecule has 6 heteroatoms. The van der Waals surface area contributed by atoms with Gasteiger partial charge in [-0.2, -0.15) is 0 Å². The van der Waals surface area contributed by atoms with Crippen molar-refractivity contribution in [1.29, 1.82) is 0 Å². The number of aromatic nitrogens is 1. The lowest BCUT2D eigenvalue weighted by molar-refractivity contribution is 0.484. The lowest BCUT2D eigenvalue weighted by atomic mass is 10.3. The molecular formula is C12H12N2O3S.